The minimum Gasteiger partial charge on any atom is -0.374 e. The van der Waals surface area contributed by atoms with Crippen LogP contribution in [0.25, 0.3) is 0 Å². The Morgan fingerprint density at radius 1 is 1.42 bits per heavy atom. The molecule has 4 nitrogen and oxygen atoms in total. The smallest absolute Gasteiger partial charge is 0.298 e. The van der Waals surface area contributed by atoms with Gasteiger partial charge < -0.3 is 5.32 Å². The summed E-state index contributed by atoms with van der Waals surface area (Å²) in [6.07, 6.45) is 3.80. The monoisotopic (exact) mass is 270 g/mol. The Labute approximate surface area is 110 Å². The number of nitro benzene ring substituents is 1. The van der Waals surface area contributed by atoms with Gasteiger partial charge in [0.15, 0.2) is 5.82 Å². The third-order valence-corrected chi connectivity index (χ3v) is 3.70. The quantitative estimate of drug-likeness (QED) is 0.667. The van der Waals surface area contributed by atoms with Crippen LogP contribution in [0.4, 0.5) is 20.2 Å². The van der Waals surface area contributed by atoms with Crippen LogP contribution in [0.2, 0.25) is 0 Å². The largest absolute Gasteiger partial charge is 0.374 e. The van der Waals surface area contributed by atoms with Crippen LogP contribution in [0.1, 0.15) is 32.6 Å². The fourth-order valence-corrected chi connectivity index (χ4v) is 2.63. The molecule has 0 spiro atoms. The Morgan fingerprint density at radius 2 is 2.16 bits per heavy atom. The first-order valence-corrected chi connectivity index (χ1v) is 6.41. The molecule has 0 aromatic heterocycles. The van der Waals surface area contributed by atoms with Crippen LogP contribution < -0.4 is 5.32 Å². The predicted molar refractivity (Wildman–Crippen MR) is 68.1 cm³/mol. The van der Waals surface area contributed by atoms with Crippen molar-refractivity contribution in [2.75, 3.05) is 5.32 Å². The lowest BCUT2D eigenvalue weighted by atomic mass is 10.1. The highest BCUT2D eigenvalue weighted by molar-refractivity contribution is 5.63. The molecule has 1 fully saturated rings. The number of halogens is 2. The summed E-state index contributed by atoms with van der Waals surface area (Å²) in [5.74, 6) is -1.28. The standard InChI is InChI=1S/C13H16F2N2O2/c1-2-8-3-4-10(5-8)16-13-11(15)6-9(14)7-12(13)17(18)19/h6-8,10,16H,2-5H2,1H3. The fourth-order valence-electron chi connectivity index (χ4n) is 2.63. The second-order valence-electron chi connectivity index (χ2n) is 4.97. The molecule has 1 saturated carbocycles. The van der Waals surface area contributed by atoms with E-state index in [-0.39, 0.29) is 11.7 Å². The number of nitro groups is 1. The maximum absolute atomic E-state index is 13.7. The normalized spacial score (nSPS) is 22.5. The Balaban J connectivity index is 2.22. The van der Waals surface area contributed by atoms with E-state index in [1.807, 2.05) is 0 Å². The molecule has 104 valence electrons. The minimum atomic E-state index is -0.937. The van der Waals surface area contributed by atoms with Crippen LogP contribution in [-0.2, 0) is 0 Å². The van der Waals surface area contributed by atoms with Gasteiger partial charge in [0.1, 0.15) is 11.5 Å². The molecule has 6 heteroatoms. The van der Waals surface area contributed by atoms with Crippen molar-refractivity contribution in [3.05, 3.63) is 33.9 Å². The van der Waals surface area contributed by atoms with E-state index >= 15 is 0 Å². The Morgan fingerprint density at radius 3 is 2.74 bits per heavy atom. The van der Waals surface area contributed by atoms with Crippen molar-refractivity contribution in [3.8, 4) is 0 Å². The zero-order valence-electron chi connectivity index (χ0n) is 10.7. The van der Waals surface area contributed by atoms with Crippen molar-refractivity contribution in [3.63, 3.8) is 0 Å². The number of rotatable bonds is 4. The van der Waals surface area contributed by atoms with Gasteiger partial charge in [-0.25, -0.2) is 8.78 Å². The zero-order valence-corrected chi connectivity index (χ0v) is 10.7. The van der Waals surface area contributed by atoms with Gasteiger partial charge in [-0.2, -0.15) is 0 Å². The first-order valence-electron chi connectivity index (χ1n) is 6.41. The van der Waals surface area contributed by atoms with Crippen molar-refractivity contribution in [2.45, 2.75) is 38.6 Å². The maximum Gasteiger partial charge on any atom is 0.298 e. The van der Waals surface area contributed by atoms with Gasteiger partial charge in [0.05, 0.1) is 11.0 Å². The van der Waals surface area contributed by atoms with Gasteiger partial charge in [0, 0.05) is 12.1 Å². The number of hydrogen-bond acceptors (Lipinski definition) is 3. The molecule has 1 N–H and O–H groups in total. The van der Waals surface area contributed by atoms with Gasteiger partial charge in [-0.05, 0) is 25.2 Å². The Hall–Kier alpha value is -1.72. The van der Waals surface area contributed by atoms with Gasteiger partial charge in [-0.1, -0.05) is 13.3 Å². The summed E-state index contributed by atoms with van der Waals surface area (Å²) in [4.78, 5) is 10.1. The molecule has 1 aliphatic carbocycles. The van der Waals surface area contributed by atoms with Crippen LogP contribution in [-0.4, -0.2) is 11.0 Å². The minimum absolute atomic E-state index is 0.0172. The van der Waals surface area contributed by atoms with Gasteiger partial charge in [-0.15, -0.1) is 0 Å². The number of benzene rings is 1. The van der Waals surface area contributed by atoms with Crippen molar-refractivity contribution < 1.29 is 13.7 Å². The molecule has 1 aliphatic rings. The number of hydrogen-bond donors (Lipinski definition) is 1. The third-order valence-electron chi connectivity index (χ3n) is 3.70. The molecule has 0 radical (unpaired) electrons. The molecule has 19 heavy (non-hydrogen) atoms. The van der Waals surface area contributed by atoms with E-state index in [2.05, 4.69) is 12.2 Å². The molecule has 1 aromatic carbocycles. The highest BCUT2D eigenvalue weighted by Crippen LogP contribution is 2.34. The van der Waals surface area contributed by atoms with E-state index in [9.17, 15) is 18.9 Å². The van der Waals surface area contributed by atoms with Crippen LogP contribution >= 0.6 is 0 Å². The van der Waals surface area contributed by atoms with Crippen LogP contribution in [0.5, 0.6) is 0 Å². The molecule has 0 saturated heterocycles. The van der Waals surface area contributed by atoms with Gasteiger partial charge in [-0.3, -0.25) is 10.1 Å². The molecular weight excluding hydrogens is 254 g/mol. The second-order valence-corrected chi connectivity index (χ2v) is 4.97. The van der Waals surface area contributed by atoms with E-state index in [0.29, 0.717) is 12.0 Å². The van der Waals surface area contributed by atoms with E-state index in [0.717, 1.165) is 31.7 Å². The lowest BCUT2D eigenvalue weighted by molar-refractivity contribution is -0.384. The molecule has 0 amide bonds. The topological polar surface area (TPSA) is 55.2 Å². The average molecular weight is 270 g/mol. The summed E-state index contributed by atoms with van der Waals surface area (Å²) >= 11 is 0. The first-order chi connectivity index (χ1) is 9.01. The predicted octanol–water partition coefficient (Wildman–Crippen LogP) is 3.86. The number of anilines is 1. The summed E-state index contributed by atoms with van der Waals surface area (Å²) in [6.45, 7) is 2.09. The molecule has 1 aromatic rings. The van der Waals surface area contributed by atoms with E-state index in [1.54, 1.807) is 0 Å². The molecule has 2 unspecified atom stereocenters. The van der Waals surface area contributed by atoms with Crippen LogP contribution in [0.3, 0.4) is 0 Å². The van der Waals surface area contributed by atoms with Crippen molar-refractivity contribution >= 4 is 11.4 Å². The van der Waals surface area contributed by atoms with E-state index in [4.69, 9.17) is 0 Å². The summed E-state index contributed by atoms with van der Waals surface area (Å²) in [5.41, 5.74) is -0.745. The van der Waals surface area contributed by atoms with Crippen LogP contribution in [0.15, 0.2) is 12.1 Å². The molecule has 2 rings (SSSR count). The summed E-state index contributed by atoms with van der Waals surface area (Å²) in [7, 11) is 0. The number of nitrogens with zero attached hydrogens (tertiary/aromatic N) is 1. The van der Waals surface area contributed by atoms with E-state index < -0.39 is 22.2 Å². The van der Waals surface area contributed by atoms with Gasteiger partial charge >= 0.3 is 0 Å². The highest BCUT2D eigenvalue weighted by atomic mass is 19.1. The highest BCUT2D eigenvalue weighted by Gasteiger charge is 2.27. The van der Waals surface area contributed by atoms with Gasteiger partial charge in [0.2, 0.25) is 0 Å². The van der Waals surface area contributed by atoms with Crippen molar-refractivity contribution in [1.29, 1.82) is 0 Å². The first kappa shape index (κ1) is 13.7. The fraction of sp³-hybridized carbons (Fsp3) is 0.538. The van der Waals surface area contributed by atoms with Gasteiger partial charge in [0.25, 0.3) is 5.69 Å². The average Bonchev–Trinajstić information content (AvgIpc) is 2.79. The SMILES string of the molecule is CCC1CCC(Nc2c(F)cc(F)cc2[N+](=O)[O-])C1. The Bertz CT molecular complexity index is 494. The molecule has 0 aliphatic heterocycles. The molecule has 0 bridgehead atoms. The summed E-state index contributed by atoms with van der Waals surface area (Å²) in [6, 6.07) is 1.43. The van der Waals surface area contributed by atoms with Crippen molar-refractivity contribution in [1.82, 2.24) is 0 Å². The maximum atomic E-state index is 13.7. The Kier molecular flexibility index (Phi) is 3.97. The molecule has 2 atom stereocenters. The lowest BCUT2D eigenvalue weighted by Gasteiger charge is -2.15. The zero-order chi connectivity index (χ0) is 14.0. The third kappa shape index (κ3) is 3.00. The lowest BCUT2D eigenvalue weighted by Crippen LogP contribution is -2.17. The van der Waals surface area contributed by atoms with Crippen molar-refractivity contribution in [2.24, 2.45) is 5.92 Å². The summed E-state index contributed by atoms with van der Waals surface area (Å²) < 4.78 is 26.7. The molecule has 0 heterocycles. The van der Waals surface area contributed by atoms with E-state index in [1.165, 1.54) is 0 Å². The van der Waals surface area contributed by atoms with Crippen LogP contribution in [0, 0.1) is 27.7 Å². The second kappa shape index (κ2) is 5.50. The molecular formula is C13H16F2N2O2. The number of nitrogens with one attached hydrogen (secondary N) is 1. The summed E-state index contributed by atoms with van der Waals surface area (Å²) in [5, 5.41) is 13.7.